The number of carbonyl (C=O) groups is 1. The smallest absolute Gasteiger partial charge is 0.273 e. The molecule has 0 aromatic carbocycles. The fourth-order valence-electron chi connectivity index (χ4n) is 3.75. The minimum Gasteiger partial charge on any atom is -0.340 e. The molecule has 1 atom stereocenters. The average Bonchev–Trinajstić information content (AvgIpc) is 3.25. The van der Waals surface area contributed by atoms with Crippen LogP contribution < -0.4 is 5.56 Å². The van der Waals surface area contributed by atoms with Gasteiger partial charge in [-0.15, -0.1) is 0 Å². The minimum atomic E-state index is -0.163. The van der Waals surface area contributed by atoms with Gasteiger partial charge < -0.3 is 9.47 Å². The first-order valence-electron chi connectivity index (χ1n) is 8.41. The van der Waals surface area contributed by atoms with Crippen molar-refractivity contribution in [3.63, 3.8) is 0 Å². The monoisotopic (exact) mass is 328 g/mol. The van der Waals surface area contributed by atoms with Gasteiger partial charge in [0, 0.05) is 43.7 Å². The van der Waals surface area contributed by atoms with Crippen molar-refractivity contribution in [1.29, 1.82) is 0 Å². The molecule has 8 heteroatoms. The summed E-state index contributed by atoms with van der Waals surface area (Å²) in [6.45, 7) is 2.53. The standard InChI is InChI=1S/C16H20N6O2/c23-15-7-13(22-6-2-4-14(22)19-15)12-3-1-5-20(8-12)16(24)9-21-11-17-10-18-21/h7,10-12H,1-6,8-9H2. The van der Waals surface area contributed by atoms with E-state index < -0.39 is 0 Å². The molecule has 1 saturated heterocycles. The number of aromatic nitrogens is 5. The molecule has 126 valence electrons. The molecule has 1 fully saturated rings. The Morgan fingerprint density at radius 2 is 2.21 bits per heavy atom. The third-order valence-corrected chi connectivity index (χ3v) is 4.87. The van der Waals surface area contributed by atoms with Crippen LogP contribution in [-0.4, -0.2) is 48.2 Å². The molecule has 0 spiro atoms. The Bertz CT molecular complexity index is 797. The Morgan fingerprint density at radius 1 is 1.29 bits per heavy atom. The number of likely N-dealkylation sites (tertiary alicyclic amines) is 1. The van der Waals surface area contributed by atoms with Gasteiger partial charge in [0.2, 0.25) is 5.91 Å². The van der Waals surface area contributed by atoms with Crippen LogP contribution in [0.2, 0.25) is 0 Å². The van der Waals surface area contributed by atoms with Crippen LogP contribution in [0.1, 0.15) is 36.7 Å². The Hall–Kier alpha value is -2.51. The van der Waals surface area contributed by atoms with Crippen LogP contribution in [0.15, 0.2) is 23.5 Å². The lowest BCUT2D eigenvalue weighted by molar-refractivity contribution is -0.133. The molecule has 0 bridgehead atoms. The zero-order valence-electron chi connectivity index (χ0n) is 13.5. The maximum absolute atomic E-state index is 12.5. The molecule has 2 aliphatic heterocycles. The number of hydrogen-bond donors (Lipinski definition) is 0. The number of hydrogen-bond acceptors (Lipinski definition) is 5. The zero-order chi connectivity index (χ0) is 16.5. The predicted molar refractivity (Wildman–Crippen MR) is 85.4 cm³/mol. The molecule has 0 saturated carbocycles. The van der Waals surface area contributed by atoms with Crippen molar-refractivity contribution in [2.24, 2.45) is 0 Å². The van der Waals surface area contributed by atoms with Crippen LogP contribution in [0.4, 0.5) is 0 Å². The Morgan fingerprint density at radius 3 is 3.04 bits per heavy atom. The molecule has 1 amide bonds. The summed E-state index contributed by atoms with van der Waals surface area (Å²) in [5, 5.41) is 3.99. The maximum atomic E-state index is 12.5. The van der Waals surface area contributed by atoms with Crippen molar-refractivity contribution >= 4 is 5.91 Å². The van der Waals surface area contributed by atoms with Crippen molar-refractivity contribution in [2.75, 3.05) is 13.1 Å². The van der Waals surface area contributed by atoms with E-state index in [0.717, 1.165) is 50.3 Å². The Kier molecular flexibility index (Phi) is 3.87. The van der Waals surface area contributed by atoms with Crippen molar-refractivity contribution < 1.29 is 4.79 Å². The van der Waals surface area contributed by atoms with Gasteiger partial charge in [-0.05, 0) is 19.3 Å². The summed E-state index contributed by atoms with van der Waals surface area (Å²) in [5.41, 5.74) is 0.880. The number of fused-ring (bicyclic) bond motifs is 1. The first kappa shape index (κ1) is 15.0. The van der Waals surface area contributed by atoms with Crippen LogP contribution in [-0.2, 0) is 24.3 Å². The van der Waals surface area contributed by atoms with E-state index in [-0.39, 0.29) is 23.9 Å². The second-order valence-corrected chi connectivity index (χ2v) is 6.46. The van der Waals surface area contributed by atoms with Gasteiger partial charge in [-0.3, -0.25) is 9.59 Å². The van der Waals surface area contributed by atoms with Gasteiger partial charge in [0.15, 0.2) is 0 Å². The normalized spacial score (nSPS) is 20.2. The molecule has 24 heavy (non-hydrogen) atoms. The quantitative estimate of drug-likeness (QED) is 0.803. The number of rotatable bonds is 3. The number of amides is 1. The highest BCUT2D eigenvalue weighted by molar-refractivity contribution is 5.76. The largest absolute Gasteiger partial charge is 0.340 e. The average molecular weight is 328 g/mol. The van der Waals surface area contributed by atoms with E-state index in [4.69, 9.17) is 0 Å². The topological polar surface area (TPSA) is 85.9 Å². The summed E-state index contributed by atoms with van der Waals surface area (Å²) in [6, 6.07) is 1.66. The van der Waals surface area contributed by atoms with Crippen molar-refractivity contribution in [3.05, 3.63) is 40.6 Å². The fourth-order valence-corrected chi connectivity index (χ4v) is 3.75. The zero-order valence-corrected chi connectivity index (χ0v) is 13.5. The number of aryl methyl sites for hydroxylation is 1. The molecule has 1 unspecified atom stereocenters. The summed E-state index contributed by atoms with van der Waals surface area (Å²) in [6.07, 6.45) is 6.82. The number of piperidine rings is 1. The van der Waals surface area contributed by atoms with E-state index >= 15 is 0 Å². The van der Waals surface area contributed by atoms with Crippen LogP contribution in [0.3, 0.4) is 0 Å². The lowest BCUT2D eigenvalue weighted by Crippen LogP contribution is -2.41. The molecule has 0 N–H and O–H groups in total. The van der Waals surface area contributed by atoms with Gasteiger partial charge >= 0.3 is 0 Å². The third-order valence-electron chi connectivity index (χ3n) is 4.87. The molecule has 4 heterocycles. The molecule has 2 aromatic rings. The summed E-state index contributed by atoms with van der Waals surface area (Å²) < 4.78 is 3.72. The fraction of sp³-hybridized carbons (Fsp3) is 0.562. The first-order chi connectivity index (χ1) is 11.7. The van der Waals surface area contributed by atoms with Crippen molar-refractivity contribution in [1.82, 2.24) is 29.2 Å². The third kappa shape index (κ3) is 2.83. The van der Waals surface area contributed by atoms with Crippen LogP contribution >= 0.6 is 0 Å². The van der Waals surface area contributed by atoms with E-state index in [1.165, 1.54) is 6.33 Å². The second kappa shape index (κ2) is 6.18. The molecule has 8 nitrogen and oxygen atoms in total. The van der Waals surface area contributed by atoms with E-state index in [1.54, 1.807) is 17.1 Å². The summed E-state index contributed by atoms with van der Waals surface area (Å²) >= 11 is 0. The Balaban J connectivity index is 1.53. The van der Waals surface area contributed by atoms with E-state index in [0.29, 0.717) is 6.54 Å². The first-order valence-corrected chi connectivity index (χ1v) is 8.41. The minimum absolute atomic E-state index is 0.0447. The van der Waals surface area contributed by atoms with E-state index in [2.05, 4.69) is 19.6 Å². The van der Waals surface area contributed by atoms with E-state index in [9.17, 15) is 9.59 Å². The SMILES string of the molecule is O=C(Cn1cncn1)N1CCCC(c2cc(=O)nc3n2CCC3)C1. The van der Waals surface area contributed by atoms with Gasteiger partial charge in [-0.25, -0.2) is 9.67 Å². The summed E-state index contributed by atoms with van der Waals surface area (Å²) in [4.78, 5) is 34.3. The number of carbonyl (C=O) groups excluding carboxylic acids is 1. The second-order valence-electron chi connectivity index (χ2n) is 6.46. The highest BCUT2D eigenvalue weighted by Crippen LogP contribution is 2.28. The van der Waals surface area contributed by atoms with Gasteiger partial charge in [0.25, 0.3) is 5.56 Å². The molecule has 4 rings (SSSR count). The lowest BCUT2D eigenvalue weighted by Gasteiger charge is -2.34. The van der Waals surface area contributed by atoms with Gasteiger partial charge in [0.05, 0.1) is 0 Å². The van der Waals surface area contributed by atoms with Crippen molar-refractivity contribution in [3.8, 4) is 0 Å². The number of nitrogens with zero attached hydrogens (tertiary/aromatic N) is 6. The maximum Gasteiger partial charge on any atom is 0.273 e. The molecule has 0 radical (unpaired) electrons. The van der Waals surface area contributed by atoms with E-state index in [1.807, 2.05) is 4.90 Å². The molecule has 0 aliphatic carbocycles. The molecule has 2 aromatic heterocycles. The van der Waals surface area contributed by atoms with Gasteiger partial charge in [0.1, 0.15) is 25.0 Å². The summed E-state index contributed by atoms with van der Waals surface area (Å²) in [5.74, 6) is 1.14. The van der Waals surface area contributed by atoms with Crippen LogP contribution in [0.25, 0.3) is 0 Å². The van der Waals surface area contributed by atoms with Crippen LogP contribution in [0.5, 0.6) is 0 Å². The van der Waals surface area contributed by atoms with Crippen LogP contribution in [0, 0.1) is 0 Å². The Labute approximate surface area is 139 Å². The molecular formula is C16H20N6O2. The highest BCUT2D eigenvalue weighted by Gasteiger charge is 2.28. The molecular weight excluding hydrogens is 308 g/mol. The predicted octanol–water partition coefficient (Wildman–Crippen LogP) is 0.187. The lowest BCUT2D eigenvalue weighted by atomic mass is 9.94. The van der Waals surface area contributed by atoms with Crippen molar-refractivity contribution in [2.45, 2.75) is 44.7 Å². The van der Waals surface area contributed by atoms with Gasteiger partial charge in [-0.1, -0.05) is 0 Å². The summed E-state index contributed by atoms with van der Waals surface area (Å²) in [7, 11) is 0. The highest BCUT2D eigenvalue weighted by atomic mass is 16.2. The molecule has 2 aliphatic rings. The van der Waals surface area contributed by atoms with Gasteiger partial charge in [-0.2, -0.15) is 10.1 Å².